The first-order valence-electron chi connectivity index (χ1n) is 19.2. The molecule has 14 heteroatoms. The quantitative estimate of drug-likeness (QED) is 0.109. The Morgan fingerprint density at radius 3 is 2.59 bits per heavy atom. The number of aromatic nitrogens is 3. The molecule has 3 fully saturated rings. The van der Waals surface area contributed by atoms with Crippen LogP contribution in [0.2, 0.25) is 0 Å². The van der Waals surface area contributed by atoms with Crippen LogP contribution in [0.3, 0.4) is 0 Å². The van der Waals surface area contributed by atoms with Gasteiger partial charge in [0.1, 0.15) is 29.1 Å². The first-order chi connectivity index (χ1) is 26.3. The van der Waals surface area contributed by atoms with Crippen LogP contribution >= 0.6 is 0 Å². The Balaban J connectivity index is 0.768. The number of anilines is 2. The predicted octanol–water partition coefficient (Wildman–Crippen LogP) is 5.36. The van der Waals surface area contributed by atoms with Crippen LogP contribution in [0.4, 0.5) is 20.3 Å². The third-order valence-corrected chi connectivity index (χ3v) is 10.8. The second-order valence-corrected chi connectivity index (χ2v) is 14.4. The second kappa shape index (κ2) is 17.5. The second-order valence-electron chi connectivity index (χ2n) is 14.4. The van der Waals surface area contributed by atoms with Gasteiger partial charge >= 0.3 is 0 Å². The standard InChI is InChI=1S/C40H48F2N8O4/c41-29-8-11-33(42)31(25-29)35-5-4-18-49(35)36-16-21-50-38(46-36)32(26-44-50)39(52)43-17-2-1-3-23-54-24-22-48-19-14-28(15-20-48)27-6-9-30(10-7-27)45-34-12-13-37(51)47-40(34)53/h6-11,16,21,25-26,28,34-35,45H,1-5,12-15,17-20,22-24H2,(H,43,52)(H,47,51,53)/t34?,35-/m1/s1. The van der Waals surface area contributed by atoms with Gasteiger partial charge in [0, 0.05) is 50.1 Å². The summed E-state index contributed by atoms with van der Waals surface area (Å²) in [6, 6.07) is 12.9. The van der Waals surface area contributed by atoms with Gasteiger partial charge in [-0.3, -0.25) is 19.7 Å². The summed E-state index contributed by atoms with van der Waals surface area (Å²) < 4.78 is 36.1. The number of carbonyl (C=O) groups excluding carboxylic acids is 3. The topological polar surface area (TPSA) is 133 Å². The number of rotatable bonds is 15. The van der Waals surface area contributed by atoms with E-state index in [2.05, 4.69) is 38.1 Å². The Morgan fingerprint density at radius 2 is 1.78 bits per heavy atom. The molecule has 1 unspecified atom stereocenters. The minimum absolute atomic E-state index is 0.211. The third-order valence-electron chi connectivity index (χ3n) is 10.8. The highest BCUT2D eigenvalue weighted by molar-refractivity contribution is 6.01. The van der Waals surface area contributed by atoms with E-state index in [-0.39, 0.29) is 29.8 Å². The monoisotopic (exact) mass is 742 g/mol. The highest BCUT2D eigenvalue weighted by Gasteiger charge is 2.31. The van der Waals surface area contributed by atoms with Gasteiger partial charge in [-0.05, 0) is 112 Å². The zero-order valence-electron chi connectivity index (χ0n) is 30.4. The first-order valence-corrected chi connectivity index (χ1v) is 19.2. The summed E-state index contributed by atoms with van der Waals surface area (Å²) in [6.07, 6.45) is 10.5. The van der Waals surface area contributed by atoms with Crippen molar-refractivity contribution in [3.63, 3.8) is 0 Å². The molecule has 3 saturated heterocycles. The van der Waals surface area contributed by atoms with Crippen molar-refractivity contribution in [2.24, 2.45) is 0 Å². The first kappa shape index (κ1) is 37.4. The van der Waals surface area contributed by atoms with Crippen molar-refractivity contribution in [1.82, 2.24) is 30.1 Å². The number of piperidine rings is 2. The lowest BCUT2D eigenvalue weighted by Crippen LogP contribution is -2.47. The van der Waals surface area contributed by atoms with Crippen LogP contribution in [-0.4, -0.2) is 89.2 Å². The average Bonchev–Trinajstić information content (AvgIpc) is 3.84. The maximum Gasteiger partial charge on any atom is 0.256 e. The lowest BCUT2D eigenvalue weighted by Gasteiger charge is -2.32. The highest BCUT2D eigenvalue weighted by atomic mass is 19.1. The van der Waals surface area contributed by atoms with Crippen LogP contribution in [-0.2, 0) is 14.3 Å². The largest absolute Gasteiger partial charge is 0.380 e. The Kier molecular flexibility index (Phi) is 12.1. The molecule has 7 rings (SSSR count). The normalized spacial score (nSPS) is 19.7. The van der Waals surface area contributed by atoms with Gasteiger partial charge in [0.05, 0.1) is 18.8 Å². The Hall–Kier alpha value is -4.95. The molecule has 0 spiro atoms. The number of likely N-dealkylation sites (tertiary alicyclic amines) is 1. The predicted molar refractivity (Wildman–Crippen MR) is 200 cm³/mol. The molecule has 3 aliphatic rings. The Morgan fingerprint density at radius 1 is 0.944 bits per heavy atom. The number of unbranched alkanes of at least 4 members (excludes halogenated alkanes) is 2. The minimum Gasteiger partial charge on any atom is -0.380 e. The van der Waals surface area contributed by atoms with Gasteiger partial charge in [-0.2, -0.15) is 5.10 Å². The lowest BCUT2D eigenvalue weighted by molar-refractivity contribution is -0.133. The maximum atomic E-state index is 14.6. The highest BCUT2D eigenvalue weighted by Crippen LogP contribution is 2.37. The van der Waals surface area contributed by atoms with E-state index in [4.69, 9.17) is 9.72 Å². The van der Waals surface area contributed by atoms with Crippen molar-refractivity contribution < 1.29 is 27.9 Å². The fourth-order valence-electron chi connectivity index (χ4n) is 7.79. The van der Waals surface area contributed by atoms with Crippen LogP contribution in [0, 0.1) is 11.6 Å². The van der Waals surface area contributed by atoms with Crippen LogP contribution in [0.15, 0.2) is 60.9 Å². The third kappa shape index (κ3) is 9.04. The molecule has 0 saturated carbocycles. The summed E-state index contributed by atoms with van der Waals surface area (Å²) in [5.74, 6) is -0.531. The molecule has 2 atom stereocenters. The van der Waals surface area contributed by atoms with Gasteiger partial charge in [-0.1, -0.05) is 12.1 Å². The summed E-state index contributed by atoms with van der Waals surface area (Å²) in [7, 11) is 0. The fourth-order valence-corrected chi connectivity index (χ4v) is 7.79. The van der Waals surface area contributed by atoms with E-state index >= 15 is 0 Å². The van der Waals surface area contributed by atoms with E-state index < -0.39 is 11.6 Å². The number of hydrogen-bond donors (Lipinski definition) is 3. The van der Waals surface area contributed by atoms with E-state index in [1.807, 2.05) is 17.0 Å². The van der Waals surface area contributed by atoms with Crippen molar-refractivity contribution in [2.75, 3.05) is 56.2 Å². The van der Waals surface area contributed by atoms with Crippen LogP contribution < -0.4 is 20.9 Å². The van der Waals surface area contributed by atoms with Crippen LogP contribution in [0.1, 0.15) is 91.2 Å². The molecule has 2 aromatic heterocycles. The number of fused-ring (bicyclic) bond motifs is 1. The number of hydrogen-bond acceptors (Lipinski definition) is 9. The summed E-state index contributed by atoms with van der Waals surface area (Å²) in [5, 5.41) is 12.9. The molecule has 3 N–H and O–H groups in total. The Bertz CT molecular complexity index is 1930. The zero-order chi connectivity index (χ0) is 37.4. The molecule has 0 aliphatic carbocycles. The molecule has 3 aliphatic heterocycles. The van der Waals surface area contributed by atoms with Gasteiger partial charge < -0.3 is 25.2 Å². The summed E-state index contributed by atoms with van der Waals surface area (Å²) in [4.78, 5) is 45.7. The van der Waals surface area contributed by atoms with E-state index in [1.54, 1.807) is 16.8 Å². The molecule has 12 nitrogen and oxygen atoms in total. The average molecular weight is 743 g/mol. The lowest BCUT2D eigenvalue weighted by atomic mass is 9.89. The van der Waals surface area contributed by atoms with Gasteiger partial charge in [-0.25, -0.2) is 18.3 Å². The molecule has 54 heavy (non-hydrogen) atoms. The number of amides is 3. The molecule has 0 bridgehead atoms. The van der Waals surface area contributed by atoms with Crippen molar-refractivity contribution >= 4 is 34.9 Å². The summed E-state index contributed by atoms with van der Waals surface area (Å²) >= 11 is 0. The number of nitrogens with zero attached hydrogens (tertiary/aromatic N) is 5. The molecule has 4 aromatic rings. The number of benzene rings is 2. The zero-order valence-corrected chi connectivity index (χ0v) is 30.4. The molecule has 0 radical (unpaired) electrons. The fraction of sp³-hybridized carbons (Fsp3) is 0.475. The van der Waals surface area contributed by atoms with Gasteiger partial charge in [0.25, 0.3) is 5.91 Å². The molecule has 2 aromatic carbocycles. The van der Waals surface area contributed by atoms with Crippen molar-refractivity contribution in [2.45, 2.75) is 75.8 Å². The summed E-state index contributed by atoms with van der Waals surface area (Å²) in [5.41, 5.74) is 3.30. The van der Waals surface area contributed by atoms with E-state index in [0.717, 1.165) is 76.0 Å². The Labute approximate surface area is 313 Å². The molecule has 3 amide bonds. The molecule has 5 heterocycles. The molecular formula is C40H48F2N8O4. The van der Waals surface area contributed by atoms with Crippen molar-refractivity contribution in [3.05, 3.63) is 89.2 Å². The van der Waals surface area contributed by atoms with E-state index in [9.17, 15) is 23.2 Å². The SMILES string of the molecule is O=C1CCC(Nc2ccc(C3CCN(CCOCCCCCNC(=O)c4cnn5ccc(N6CCC[C@@H]6c6cc(F)ccc6F)nc45)CC3)cc2)C(=O)N1. The number of ether oxygens (including phenoxy) is 1. The van der Waals surface area contributed by atoms with Gasteiger partial charge in [-0.15, -0.1) is 0 Å². The number of halogens is 2. The van der Waals surface area contributed by atoms with Gasteiger partial charge in [0.15, 0.2) is 5.65 Å². The molecule has 286 valence electrons. The smallest absolute Gasteiger partial charge is 0.256 e. The van der Waals surface area contributed by atoms with Crippen molar-refractivity contribution in [3.8, 4) is 0 Å². The minimum atomic E-state index is -0.475. The number of carbonyl (C=O) groups is 3. The van der Waals surface area contributed by atoms with Crippen LogP contribution in [0.5, 0.6) is 0 Å². The molecular weight excluding hydrogens is 694 g/mol. The number of imide groups is 1. The van der Waals surface area contributed by atoms with E-state index in [0.29, 0.717) is 74.1 Å². The number of nitrogens with one attached hydrogen (secondary N) is 3. The van der Waals surface area contributed by atoms with E-state index in [1.165, 1.54) is 17.8 Å². The van der Waals surface area contributed by atoms with Gasteiger partial charge in [0.2, 0.25) is 11.8 Å². The maximum absolute atomic E-state index is 14.6. The van der Waals surface area contributed by atoms with Crippen molar-refractivity contribution in [1.29, 1.82) is 0 Å². The van der Waals surface area contributed by atoms with Crippen LogP contribution in [0.25, 0.3) is 5.65 Å². The summed E-state index contributed by atoms with van der Waals surface area (Å²) in [6.45, 7) is 5.52.